The lowest BCUT2D eigenvalue weighted by atomic mass is 9.81. The van der Waals surface area contributed by atoms with Crippen molar-refractivity contribution in [3.05, 3.63) is 19.2 Å². The van der Waals surface area contributed by atoms with Crippen molar-refractivity contribution in [1.29, 1.82) is 0 Å². The Balaban J connectivity index is 2.71. The Morgan fingerprint density at radius 3 is 2.61 bits per heavy atom. The van der Waals surface area contributed by atoms with Crippen molar-refractivity contribution in [1.82, 2.24) is 0 Å². The molecule has 1 aromatic heterocycles. The van der Waals surface area contributed by atoms with Crippen LogP contribution in [0.4, 0.5) is 0 Å². The summed E-state index contributed by atoms with van der Waals surface area (Å²) in [6.45, 7) is 4.05. The number of hydrogen-bond acceptors (Lipinski definition) is 4. The average molecular weight is 399 g/mol. The zero-order chi connectivity index (χ0) is 13.9. The first kappa shape index (κ1) is 16.1. The van der Waals surface area contributed by atoms with Gasteiger partial charge in [-0.15, -0.1) is 11.3 Å². The van der Waals surface area contributed by atoms with E-state index in [0.717, 1.165) is 19.6 Å². The van der Waals surface area contributed by atoms with Crippen LogP contribution in [0.15, 0.2) is 13.6 Å². The maximum atomic E-state index is 11.3. The first-order valence-corrected chi connectivity index (χ1v) is 7.92. The normalized spacial score (nSPS) is 13.4. The van der Waals surface area contributed by atoms with Crippen LogP contribution >= 0.6 is 43.2 Å². The molecular formula is C12H17Br2NO2S. The molecule has 1 heterocycles. The fourth-order valence-corrected chi connectivity index (χ4v) is 4.85. The van der Waals surface area contributed by atoms with Crippen molar-refractivity contribution in [2.45, 2.75) is 32.7 Å². The predicted octanol–water partition coefficient (Wildman–Crippen LogP) is 4.25. The van der Waals surface area contributed by atoms with Gasteiger partial charge in [0.25, 0.3) is 0 Å². The number of carbonyl (C=O) groups is 1. The van der Waals surface area contributed by atoms with E-state index in [9.17, 15) is 4.79 Å². The lowest BCUT2D eigenvalue weighted by Crippen LogP contribution is -2.24. The van der Waals surface area contributed by atoms with Gasteiger partial charge in [0.2, 0.25) is 0 Å². The average Bonchev–Trinajstić information content (AvgIpc) is 2.56. The molecule has 0 saturated carbocycles. The fraction of sp³-hybridized carbons (Fsp3) is 0.583. The van der Waals surface area contributed by atoms with Crippen LogP contribution in [-0.4, -0.2) is 13.1 Å². The zero-order valence-electron chi connectivity index (χ0n) is 10.6. The minimum absolute atomic E-state index is 0.0958. The summed E-state index contributed by atoms with van der Waals surface area (Å²) in [5.74, 6) is -0.197. The van der Waals surface area contributed by atoms with Gasteiger partial charge >= 0.3 is 5.97 Å². The highest BCUT2D eigenvalue weighted by atomic mass is 79.9. The van der Waals surface area contributed by atoms with Gasteiger partial charge in [-0.25, -0.2) is 0 Å². The van der Waals surface area contributed by atoms with E-state index in [4.69, 9.17) is 10.5 Å². The van der Waals surface area contributed by atoms with E-state index in [1.807, 2.05) is 19.9 Å². The molecule has 0 aromatic carbocycles. The van der Waals surface area contributed by atoms with Crippen LogP contribution < -0.4 is 5.73 Å². The topological polar surface area (TPSA) is 52.3 Å². The minimum atomic E-state index is -0.197. The van der Waals surface area contributed by atoms with E-state index in [0.29, 0.717) is 6.42 Å². The van der Waals surface area contributed by atoms with Crippen LogP contribution in [-0.2, 0) is 9.53 Å². The molecule has 6 heteroatoms. The summed E-state index contributed by atoms with van der Waals surface area (Å²) in [5.41, 5.74) is 7.11. The highest BCUT2D eigenvalue weighted by Crippen LogP contribution is 2.39. The third-order valence-electron chi connectivity index (χ3n) is 2.71. The van der Waals surface area contributed by atoms with Gasteiger partial charge in [0, 0.05) is 6.04 Å². The van der Waals surface area contributed by atoms with E-state index >= 15 is 0 Å². The Kier molecular flexibility index (Phi) is 5.83. The minimum Gasteiger partial charge on any atom is -0.469 e. The second-order valence-electron chi connectivity index (χ2n) is 5.01. The molecule has 0 aliphatic carbocycles. The molecule has 1 aromatic rings. The monoisotopic (exact) mass is 397 g/mol. The molecule has 0 amide bonds. The second kappa shape index (κ2) is 6.50. The summed E-state index contributed by atoms with van der Waals surface area (Å²) in [7, 11) is 1.41. The second-order valence-corrected chi connectivity index (χ2v) is 8.76. The molecule has 3 nitrogen and oxygen atoms in total. The fourth-order valence-electron chi connectivity index (χ4n) is 1.85. The summed E-state index contributed by atoms with van der Waals surface area (Å²) in [6, 6.07) is 1.93. The lowest BCUT2D eigenvalue weighted by Gasteiger charge is -2.26. The summed E-state index contributed by atoms with van der Waals surface area (Å²) in [4.78, 5) is 11.3. The smallest absolute Gasteiger partial charge is 0.306 e. The van der Waals surface area contributed by atoms with Crippen molar-refractivity contribution in [2.75, 3.05) is 7.11 Å². The molecule has 0 fully saturated rings. The molecule has 0 spiro atoms. The molecule has 102 valence electrons. The molecular weight excluding hydrogens is 382 g/mol. The van der Waals surface area contributed by atoms with Gasteiger partial charge in [-0.3, -0.25) is 4.79 Å². The molecule has 0 aliphatic heterocycles. The number of ether oxygens (including phenoxy) is 1. The Morgan fingerprint density at radius 1 is 1.56 bits per heavy atom. The molecule has 1 rings (SSSR count). The number of carbonyl (C=O) groups excluding carboxylic acids is 1. The van der Waals surface area contributed by atoms with Crippen molar-refractivity contribution in [3.63, 3.8) is 0 Å². The van der Waals surface area contributed by atoms with Gasteiger partial charge < -0.3 is 10.5 Å². The molecule has 1 unspecified atom stereocenters. The van der Waals surface area contributed by atoms with Gasteiger partial charge in [0.05, 0.1) is 21.1 Å². The van der Waals surface area contributed by atoms with Gasteiger partial charge in [0.15, 0.2) is 0 Å². The number of methoxy groups -OCH3 is 1. The molecule has 0 saturated heterocycles. The number of nitrogens with two attached hydrogens (primary N) is 1. The van der Waals surface area contributed by atoms with Crippen LogP contribution in [0.2, 0.25) is 0 Å². The number of hydrogen-bond donors (Lipinski definition) is 1. The third kappa shape index (κ3) is 4.64. The highest BCUT2D eigenvalue weighted by molar-refractivity contribution is 9.12. The standard InChI is InChI=1S/C12H17Br2NO2S/c1-12(2,6-10(16)17-3)5-8(15)7-4-9(13)18-11(7)14/h4,8H,5-6,15H2,1-3H3. The number of thiophene rings is 1. The zero-order valence-corrected chi connectivity index (χ0v) is 14.6. The van der Waals surface area contributed by atoms with Crippen molar-refractivity contribution >= 4 is 49.2 Å². The molecule has 2 N–H and O–H groups in total. The predicted molar refractivity (Wildman–Crippen MR) is 81.7 cm³/mol. The largest absolute Gasteiger partial charge is 0.469 e. The molecule has 18 heavy (non-hydrogen) atoms. The van der Waals surface area contributed by atoms with Gasteiger partial charge in [-0.1, -0.05) is 13.8 Å². The van der Waals surface area contributed by atoms with Gasteiger partial charge in [-0.2, -0.15) is 0 Å². The summed E-state index contributed by atoms with van der Waals surface area (Å²) >= 11 is 8.55. The first-order valence-electron chi connectivity index (χ1n) is 5.52. The van der Waals surface area contributed by atoms with Crippen LogP contribution in [0, 0.1) is 5.41 Å². The van der Waals surface area contributed by atoms with Crippen LogP contribution in [0.5, 0.6) is 0 Å². The Hall–Kier alpha value is 0.0900. The van der Waals surface area contributed by atoms with Crippen molar-refractivity contribution in [2.24, 2.45) is 11.1 Å². The Bertz CT molecular complexity index is 432. The molecule has 1 atom stereocenters. The van der Waals surface area contributed by atoms with Crippen molar-refractivity contribution < 1.29 is 9.53 Å². The van der Waals surface area contributed by atoms with E-state index < -0.39 is 0 Å². The van der Waals surface area contributed by atoms with Gasteiger partial charge in [-0.05, 0) is 55.3 Å². The highest BCUT2D eigenvalue weighted by Gasteiger charge is 2.27. The van der Waals surface area contributed by atoms with E-state index in [-0.39, 0.29) is 17.4 Å². The number of rotatable bonds is 5. The SMILES string of the molecule is COC(=O)CC(C)(C)CC(N)c1cc(Br)sc1Br. The third-order valence-corrected chi connectivity index (χ3v) is 5.09. The number of esters is 1. The van der Waals surface area contributed by atoms with Crippen molar-refractivity contribution in [3.8, 4) is 0 Å². The van der Waals surface area contributed by atoms with E-state index in [1.54, 1.807) is 11.3 Å². The molecule has 0 radical (unpaired) electrons. The quantitative estimate of drug-likeness (QED) is 0.754. The Labute approximate surface area is 128 Å². The summed E-state index contributed by atoms with van der Waals surface area (Å²) in [6.07, 6.45) is 1.10. The summed E-state index contributed by atoms with van der Waals surface area (Å²) < 4.78 is 6.79. The van der Waals surface area contributed by atoms with Crippen LogP contribution in [0.3, 0.4) is 0 Å². The van der Waals surface area contributed by atoms with E-state index in [2.05, 4.69) is 31.9 Å². The van der Waals surface area contributed by atoms with Gasteiger partial charge in [0.1, 0.15) is 0 Å². The Morgan fingerprint density at radius 2 is 2.17 bits per heavy atom. The number of halogens is 2. The van der Waals surface area contributed by atoms with Crippen LogP contribution in [0.25, 0.3) is 0 Å². The van der Waals surface area contributed by atoms with E-state index in [1.165, 1.54) is 7.11 Å². The maximum Gasteiger partial charge on any atom is 0.306 e. The maximum absolute atomic E-state index is 11.3. The summed E-state index contributed by atoms with van der Waals surface area (Å²) in [5, 5.41) is 0. The van der Waals surface area contributed by atoms with Crippen LogP contribution in [0.1, 0.15) is 38.3 Å². The first-order chi connectivity index (χ1) is 8.25. The molecule has 0 bridgehead atoms. The lowest BCUT2D eigenvalue weighted by molar-refractivity contribution is -0.143. The molecule has 0 aliphatic rings.